The van der Waals surface area contributed by atoms with Crippen LogP contribution in [0, 0.1) is 5.92 Å². The van der Waals surface area contributed by atoms with Gasteiger partial charge in [0.25, 0.3) is 0 Å². The molecule has 0 aliphatic heterocycles. The van der Waals surface area contributed by atoms with E-state index in [1.54, 1.807) is 20.4 Å². The molecule has 1 atom stereocenters. The fourth-order valence-electron chi connectivity index (χ4n) is 3.46. The lowest BCUT2D eigenvalue weighted by molar-refractivity contribution is 0.370. The minimum atomic E-state index is -0.224. The summed E-state index contributed by atoms with van der Waals surface area (Å²) in [6.45, 7) is 10.6. The zero-order chi connectivity index (χ0) is 21.0. The Morgan fingerprint density at radius 2 is 1.69 bits per heavy atom. The summed E-state index contributed by atoms with van der Waals surface area (Å²) in [4.78, 5) is 9.01. The fraction of sp³-hybridized carbons (Fsp3) is 0.280. The first-order chi connectivity index (χ1) is 13.9. The zero-order valence-corrected chi connectivity index (χ0v) is 17.8. The Hall–Kier alpha value is -3.14. The molecule has 150 valence electrons. The summed E-state index contributed by atoms with van der Waals surface area (Å²) < 4.78 is 10.5. The maximum atomic E-state index is 5.29. The van der Waals surface area contributed by atoms with E-state index in [1.165, 1.54) is 5.56 Å². The van der Waals surface area contributed by atoms with Gasteiger partial charge >= 0.3 is 0 Å². The van der Waals surface area contributed by atoms with Gasteiger partial charge in [-0.3, -0.25) is 9.97 Å². The standard InChI is InChI=1S/C25H28N2O2/c1-17(2)25(4,24-12-9-20(15-27-24)18(3)28-5)22-10-7-19(8-11-22)21-13-23(29-6)16-26-14-21/h7-17H,3H2,1-2,4-6H3. The van der Waals surface area contributed by atoms with Crippen molar-refractivity contribution in [2.45, 2.75) is 26.2 Å². The van der Waals surface area contributed by atoms with Crippen LogP contribution in [0.3, 0.4) is 0 Å². The molecule has 0 saturated carbocycles. The van der Waals surface area contributed by atoms with E-state index in [0.717, 1.165) is 28.1 Å². The molecule has 4 nitrogen and oxygen atoms in total. The lowest BCUT2D eigenvalue weighted by atomic mass is 9.70. The highest BCUT2D eigenvalue weighted by atomic mass is 16.5. The largest absolute Gasteiger partial charge is 0.497 e. The van der Waals surface area contributed by atoms with Gasteiger partial charge < -0.3 is 9.47 Å². The van der Waals surface area contributed by atoms with Gasteiger partial charge in [0, 0.05) is 28.9 Å². The summed E-state index contributed by atoms with van der Waals surface area (Å²) in [7, 11) is 3.27. The molecule has 0 aliphatic rings. The Morgan fingerprint density at radius 3 is 2.24 bits per heavy atom. The summed E-state index contributed by atoms with van der Waals surface area (Å²) in [6, 6.07) is 14.7. The van der Waals surface area contributed by atoms with Crippen molar-refractivity contribution in [3.63, 3.8) is 0 Å². The van der Waals surface area contributed by atoms with Crippen LogP contribution in [0.5, 0.6) is 5.75 Å². The molecule has 2 aromatic heterocycles. The van der Waals surface area contributed by atoms with Gasteiger partial charge in [0.2, 0.25) is 0 Å². The smallest absolute Gasteiger partial charge is 0.137 e. The second-order valence-corrected chi connectivity index (χ2v) is 7.61. The molecule has 0 spiro atoms. The maximum Gasteiger partial charge on any atom is 0.137 e. The van der Waals surface area contributed by atoms with Gasteiger partial charge in [0.1, 0.15) is 11.5 Å². The van der Waals surface area contributed by atoms with Crippen LogP contribution in [0.1, 0.15) is 37.6 Å². The van der Waals surface area contributed by atoms with E-state index in [-0.39, 0.29) is 5.41 Å². The third kappa shape index (κ3) is 4.02. The molecule has 0 N–H and O–H groups in total. The van der Waals surface area contributed by atoms with Gasteiger partial charge in [-0.05, 0) is 42.2 Å². The van der Waals surface area contributed by atoms with E-state index in [9.17, 15) is 0 Å². The van der Waals surface area contributed by atoms with Crippen LogP contribution < -0.4 is 4.74 Å². The van der Waals surface area contributed by atoms with E-state index in [1.807, 2.05) is 24.5 Å². The second-order valence-electron chi connectivity index (χ2n) is 7.61. The fourth-order valence-corrected chi connectivity index (χ4v) is 3.46. The van der Waals surface area contributed by atoms with Crippen molar-refractivity contribution in [2.75, 3.05) is 14.2 Å². The molecule has 0 fully saturated rings. The number of methoxy groups -OCH3 is 2. The van der Waals surface area contributed by atoms with Gasteiger partial charge in [0.15, 0.2) is 0 Å². The van der Waals surface area contributed by atoms with Crippen molar-refractivity contribution < 1.29 is 9.47 Å². The summed E-state index contributed by atoms with van der Waals surface area (Å²) in [6.07, 6.45) is 5.39. The molecule has 0 bridgehead atoms. The first kappa shape index (κ1) is 20.6. The Balaban J connectivity index is 1.97. The van der Waals surface area contributed by atoms with Crippen LogP contribution in [0.2, 0.25) is 0 Å². The topological polar surface area (TPSA) is 44.2 Å². The number of hydrogen-bond donors (Lipinski definition) is 0. The lowest BCUT2D eigenvalue weighted by Crippen LogP contribution is -2.31. The van der Waals surface area contributed by atoms with E-state index < -0.39 is 0 Å². The quantitative estimate of drug-likeness (QED) is 0.485. The summed E-state index contributed by atoms with van der Waals surface area (Å²) >= 11 is 0. The molecule has 3 aromatic rings. The van der Waals surface area contributed by atoms with Crippen LogP contribution in [0.15, 0.2) is 67.6 Å². The molecule has 0 saturated heterocycles. The van der Waals surface area contributed by atoms with Crippen LogP contribution in [-0.4, -0.2) is 24.2 Å². The summed E-state index contributed by atoms with van der Waals surface area (Å²) in [5, 5.41) is 0. The zero-order valence-electron chi connectivity index (χ0n) is 17.8. The Morgan fingerprint density at radius 1 is 0.966 bits per heavy atom. The van der Waals surface area contributed by atoms with Gasteiger partial charge in [-0.15, -0.1) is 0 Å². The predicted molar refractivity (Wildman–Crippen MR) is 118 cm³/mol. The highest BCUT2D eigenvalue weighted by Gasteiger charge is 2.34. The van der Waals surface area contributed by atoms with E-state index in [4.69, 9.17) is 14.5 Å². The molecule has 3 rings (SSSR count). The van der Waals surface area contributed by atoms with Gasteiger partial charge in [-0.2, -0.15) is 0 Å². The summed E-state index contributed by atoms with van der Waals surface area (Å²) in [5.74, 6) is 1.72. The van der Waals surface area contributed by atoms with Gasteiger partial charge in [0.05, 0.1) is 26.1 Å². The van der Waals surface area contributed by atoms with Crippen molar-refractivity contribution in [1.29, 1.82) is 0 Å². The Kier molecular flexibility index (Phi) is 6.02. The molecule has 1 unspecified atom stereocenters. The SMILES string of the molecule is C=C(OC)c1ccc(C(C)(c2ccc(-c3cncc(OC)c3)cc2)C(C)C)nc1. The molecular formula is C25H28N2O2. The van der Waals surface area contributed by atoms with Crippen molar-refractivity contribution in [3.8, 4) is 16.9 Å². The molecule has 4 heteroatoms. The highest BCUT2D eigenvalue weighted by Crippen LogP contribution is 2.39. The van der Waals surface area contributed by atoms with Crippen molar-refractivity contribution in [1.82, 2.24) is 9.97 Å². The number of pyridine rings is 2. The molecule has 2 heterocycles. The molecule has 0 radical (unpaired) electrons. The average molecular weight is 389 g/mol. The average Bonchev–Trinajstić information content (AvgIpc) is 2.78. The van der Waals surface area contributed by atoms with Gasteiger partial charge in [-0.25, -0.2) is 0 Å². The van der Waals surface area contributed by atoms with Crippen molar-refractivity contribution >= 4 is 5.76 Å². The first-order valence-electron chi connectivity index (χ1n) is 9.70. The lowest BCUT2D eigenvalue weighted by Gasteiger charge is -2.34. The Bertz CT molecular complexity index is 978. The highest BCUT2D eigenvalue weighted by molar-refractivity contribution is 5.64. The third-order valence-electron chi connectivity index (χ3n) is 5.79. The van der Waals surface area contributed by atoms with E-state index in [2.05, 4.69) is 62.7 Å². The van der Waals surface area contributed by atoms with Crippen molar-refractivity contribution in [3.05, 3.63) is 84.5 Å². The molecule has 0 aliphatic carbocycles. The third-order valence-corrected chi connectivity index (χ3v) is 5.79. The maximum absolute atomic E-state index is 5.29. The van der Waals surface area contributed by atoms with E-state index >= 15 is 0 Å². The van der Waals surface area contributed by atoms with Crippen LogP contribution >= 0.6 is 0 Å². The van der Waals surface area contributed by atoms with Crippen LogP contribution in [0.4, 0.5) is 0 Å². The molecule has 29 heavy (non-hydrogen) atoms. The number of nitrogens with zero attached hydrogens (tertiary/aromatic N) is 2. The molecular weight excluding hydrogens is 360 g/mol. The summed E-state index contributed by atoms with van der Waals surface area (Å²) in [5.41, 5.74) is 5.05. The van der Waals surface area contributed by atoms with Crippen molar-refractivity contribution in [2.24, 2.45) is 5.92 Å². The number of hydrogen-bond acceptors (Lipinski definition) is 4. The minimum absolute atomic E-state index is 0.224. The normalized spacial score (nSPS) is 13.0. The number of ether oxygens (including phenoxy) is 2. The van der Waals surface area contributed by atoms with Crippen LogP contribution in [-0.2, 0) is 10.2 Å². The minimum Gasteiger partial charge on any atom is -0.497 e. The predicted octanol–water partition coefficient (Wildman–Crippen LogP) is 5.73. The number of aromatic nitrogens is 2. The first-order valence-corrected chi connectivity index (χ1v) is 9.70. The molecule has 1 aromatic carbocycles. The second kappa shape index (κ2) is 8.48. The number of rotatable bonds is 7. The molecule has 0 amide bonds. The van der Waals surface area contributed by atoms with E-state index in [0.29, 0.717) is 11.7 Å². The number of benzene rings is 1. The van der Waals surface area contributed by atoms with Gasteiger partial charge in [-0.1, -0.05) is 44.7 Å². The van der Waals surface area contributed by atoms with Crippen LogP contribution in [0.25, 0.3) is 16.9 Å². The Labute approximate surface area is 173 Å². The monoisotopic (exact) mass is 388 g/mol.